The molecule has 14 nitrogen and oxygen atoms in total. The van der Waals surface area contributed by atoms with E-state index in [0.717, 1.165) is 11.1 Å². The molecular formula is C41H38F15N5O9S2. The van der Waals surface area contributed by atoms with Gasteiger partial charge in [-0.15, -0.1) is 0 Å². The Morgan fingerprint density at radius 2 is 0.583 bits per heavy atom. The Hall–Kier alpha value is -6.09. The lowest BCUT2D eigenvalue weighted by Crippen LogP contribution is -2.87. The van der Waals surface area contributed by atoms with Crippen LogP contribution in [0, 0.1) is 116 Å². The van der Waals surface area contributed by atoms with Gasteiger partial charge >= 0.3 is 0 Å². The van der Waals surface area contributed by atoms with Crippen molar-refractivity contribution in [3.05, 3.63) is 179 Å². The van der Waals surface area contributed by atoms with Gasteiger partial charge in [0.15, 0.2) is 69.8 Å². The molecule has 0 bridgehead atoms. The second-order valence-corrected chi connectivity index (χ2v) is 17.3. The summed E-state index contributed by atoms with van der Waals surface area (Å²) in [5.74, 6) is -32.1. The molecule has 5 aromatic rings. The van der Waals surface area contributed by atoms with Gasteiger partial charge in [0.1, 0.15) is 39.9 Å². The van der Waals surface area contributed by atoms with E-state index in [1.807, 2.05) is 13.8 Å². The molecule has 72 heavy (non-hydrogen) atoms. The molecule has 0 aliphatic heterocycles. The number of nitrogens with two attached hydrogens (primary N) is 3. The van der Waals surface area contributed by atoms with Gasteiger partial charge < -0.3 is 40.4 Å². The van der Waals surface area contributed by atoms with Gasteiger partial charge in [-0.1, -0.05) is 35.4 Å². The normalized spacial score (nSPS) is 11.3. The lowest BCUT2D eigenvalue weighted by molar-refractivity contribution is -0.679. The second-order valence-electron chi connectivity index (χ2n) is 14.6. The molecule has 0 atom stereocenters. The average molecular weight is 1090 g/mol. The Labute approximate surface area is 398 Å². The molecule has 31 heteroatoms. The fourth-order valence-electron chi connectivity index (χ4n) is 5.79. The zero-order chi connectivity index (χ0) is 55.0. The number of hydrogen-bond donors (Lipinski definition) is 3. The lowest BCUT2D eigenvalue weighted by atomic mass is 10.1. The number of quaternary nitrogens is 3. The molecule has 0 radical (unpaired) electrons. The van der Waals surface area contributed by atoms with Crippen molar-refractivity contribution in [3.63, 3.8) is 0 Å². The minimum absolute atomic E-state index is 0.0118. The predicted molar refractivity (Wildman–Crippen MR) is 215 cm³/mol. The molecule has 398 valence electrons. The summed E-state index contributed by atoms with van der Waals surface area (Å²) in [6.45, 7) is 1.34. The van der Waals surface area contributed by atoms with Gasteiger partial charge in [0.25, 0.3) is 0 Å². The van der Waals surface area contributed by atoms with E-state index in [0.29, 0.717) is 0 Å². The Morgan fingerprint density at radius 3 is 0.764 bits per heavy atom. The van der Waals surface area contributed by atoms with E-state index in [-0.39, 0.29) is 49.1 Å². The minimum Gasteiger partial charge on any atom is -0.744 e. The first-order valence-corrected chi connectivity index (χ1v) is 22.7. The molecule has 0 saturated heterocycles. The van der Waals surface area contributed by atoms with Crippen molar-refractivity contribution in [1.82, 2.24) is 4.90 Å². The van der Waals surface area contributed by atoms with Crippen molar-refractivity contribution in [2.75, 3.05) is 39.3 Å². The maximum atomic E-state index is 13.9. The third-order valence-electron chi connectivity index (χ3n) is 9.52. The highest BCUT2D eigenvalue weighted by atomic mass is 32.2. The molecule has 0 heterocycles. The van der Waals surface area contributed by atoms with Gasteiger partial charge in [-0.25, -0.2) is 82.7 Å². The predicted octanol–water partition coefficient (Wildman–Crippen LogP) is 4.22. The van der Waals surface area contributed by atoms with E-state index in [9.17, 15) is 91.8 Å². The highest BCUT2D eigenvalue weighted by molar-refractivity contribution is 7.86. The van der Waals surface area contributed by atoms with Gasteiger partial charge in [-0.2, -0.15) is 0 Å². The molecule has 0 spiro atoms. The third kappa shape index (κ3) is 17.9. The number of aryl methyl sites for hydroxylation is 2. The Bertz CT molecular complexity index is 2560. The Balaban J connectivity index is 0.000000548. The van der Waals surface area contributed by atoms with Crippen molar-refractivity contribution in [3.8, 4) is 0 Å². The quantitative estimate of drug-likeness (QED) is 0.0228. The summed E-state index contributed by atoms with van der Waals surface area (Å²) in [4.78, 5) is 9.42. The Kier molecular flexibility index (Phi) is 23.8. The molecule has 0 aliphatic rings. The molecule has 5 aromatic carbocycles. The van der Waals surface area contributed by atoms with Crippen LogP contribution in [-0.4, -0.2) is 75.2 Å². The van der Waals surface area contributed by atoms with E-state index >= 15 is 0 Å². The fraction of sp³-hybridized carbons (Fsp3) is 0.268. The van der Waals surface area contributed by atoms with Gasteiger partial charge in [0.2, 0.25) is 17.5 Å². The van der Waals surface area contributed by atoms with Crippen LogP contribution >= 0.6 is 0 Å². The van der Waals surface area contributed by atoms with Crippen LogP contribution in [0.2, 0.25) is 0 Å². The van der Waals surface area contributed by atoms with Crippen LogP contribution in [-0.2, 0) is 39.9 Å². The van der Waals surface area contributed by atoms with Crippen molar-refractivity contribution in [1.29, 1.82) is 0 Å². The van der Waals surface area contributed by atoms with Gasteiger partial charge in [-0.3, -0.25) is 4.90 Å². The van der Waals surface area contributed by atoms with E-state index in [1.54, 1.807) is 24.3 Å². The standard InChI is InChI=1S/C27H21F15N4.2C7H8O3S.NO3/c28-13-10(14(29)20(35)25(40)19(13)34)7-43-1-4-46(5-2-44-8-11-15(30)21(36)26(41)22(37)16(11)31)6-3-45-9-12-17(32)23(38)27(42)24(39)18(12)33;2*1-6-2-4-7(5-3-6)11(8,9)10;2-1(3)4/h43-45H,1-9H2;2*2-5H,1H3,(H,8,9,10);/q;;;-1/p+1. The zero-order valence-corrected chi connectivity index (χ0v) is 38.4. The molecule has 0 unspecified atom stereocenters. The lowest BCUT2D eigenvalue weighted by Gasteiger charge is -2.20. The monoisotopic (exact) mass is 1090 g/mol. The summed E-state index contributed by atoms with van der Waals surface area (Å²) >= 11 is 0. The molecule has 0 fully saturated rings. The highest BCUT2D eigenvalue weighted by Crippen LogP contribution is 2.24. The molecule has 0 aromatic heterocycles. The van der Waals surface area contributed by atoms with Gasteiger partial charge in [0, 0.05) is 19.6 Å². The van der Waals surface area contributed by atoms with E-state index in [2.05, 4.69) is 0 Å². The zero-order valence-electron chi connectivity index (χ0n) is 36.8. The summed E-state index contributed by atoms with van der Waals surface area (Å²) in [5.41, 5.74) is -1.45. The third-order valence-corrected chi connectivity index (χ3v) is 11.2. The van der Waals surface area contributed by atoms with Gasteiger partial charge in [-0.05, 0) is 38.1 Å². The molecule has 6 N–H and O–H groups in total. The van der Waals surface area contributed by atoms with Crippen molar-refractivity contribution >= 4 is 20.2 Å². The largest absolute Gasteiger partial charge is 0.744 e. The first-order valence-electron chi connectivity index (χ1n) is 19.9. The van der Waals surface area contributed by atoms with Crippen molar-refractivity contribution < 1.29 is 113 Å². The number of hydrogen-bond acceptors (Lipinski definition) is 10. The SMILES string of the molecule is Cc1ccc(S(=O)(=O)[O-])cc1.Cc1ccc(S(=O)(=O)[O-])cc1.Fc1c(F)c(F)c(C[NH2+]CCN(CC[NH2+]Cc2c(F)c(F)c(F)c(F)c2F)CC[NH2+]Cc2c(F)c(F)c(F)c(F)c2F)c(F)c1F.O=[N+]([O-])[O-]. The van der Waals surface area contributed by atoms with Crippen LogP contribution in [0.25, 0.3) is 0 Å². The first kappa shape index (κ1) is 62.0. The smallest absolute Gasteiger partial charge is 0.200 e. The van der Waals surface area contributed by atoms with Gasteiger partial charge in [0.05, 0.1) is 51.2 Å². The van der Waals surface area contributed by atoms with Crippen molar-refractivity contribution in [2.24, 2.45) is 0 Å². The molecular weight excluding hydrogens is 1060 g/mol. The van der Waals surface area contributed by atoms with Crippen LogP contribution in [0.1, 0.15) is 27.8 Å². The Morgan fingerprint density at radius 1 is 0.403 bits per heavy atom. The number of benzene rings is 5. The second kappa shape index (κ2) is 27.7. The number of halogens is 15. The van der Waals surface area contributed by atoms with E-state index in [1.165, 1.54) is 45.1 Å². The maximum Gasteiger partial charge on any atom is 0.200 e. The molecule has 0 aliphatic carbocycles. The van der Waals surface area contributed by atoms with Crippen LogP contribution in [0.3, 0.4) is 0 Å². The summed E-state index contributed by atoms with van der Waals surface area (Å²) in [7, 11) is -8.54. The molecule has 0 amide bonds. The summed E-state index contributed by atoms with van der Waals surface area (Å²) in [6.07, 6.45) is 0. The number of rotatable bonds is 17. The minimum atomic E-state index is -4.27. The maximum absolute atomic E-state index is 13.9. The average Bonchev–Trinajstić information content (AvgIpc) is 3.31. The summed E-state index contributed by atoms with van der Waals surface area (Å²) < 4.78 is 266. The topological polar surface area (TPSA) is 234 Å². The van der Waals surface area contributed by atoms with Crippen molar-refractivity contribution in [2.45, 2.75) is 43.3 Å². The van der Waals surface area contributed by atoms with Crippen LogP contribution in [0.15, 0.2) is 58.3 Å². The summed E-state index contributed by atoms with van der Waals surface area (Å²) in [5, 5.41) is 18.3. The van der Waals surface area contributed by atoms with Crippen LogP contribution in [0.4, 0.5) is 65.9 Å². The highest BCUT2D eigenvalue weighted by Gasteiger charge is 2.29. The summed E-state index contributed by atoms with van der Waals surface area (Å²) in [6, 6.07) is 11.6. The molecule has 0 saturated carbocycles. The van der Waals surface area contributed by atoms with Crippen LogP contribution in [0.5, 0.6) is 0 Å². The number of nitrogens with zero attached hydrogens (tertiary/aromatic N) is 2. The van der Waals surface area contributed by atoms with E-state index in [4.69, 9.17) is 15.3 Å². The molecule has 5 rings (SSSR count). The first-order chi connectivity index (χ1) is 33.3. The van der Waals surface area contributed by atoms with Crippen LogP contribution < -0.4 is 16.0 Å². The van der Waals surface area contributed by atoms with E-state index < -0.39 is 149 Å². The fourth-order valence-corrected chi connectivity index (χ4v) is 6.73.